The third kappa shape index (κ3) is 1.81. The van der Waals surface area contributed by atoms with E-state index in [0.717, 1.165) is 18.5 Å². The second kappa shape index (κ2) is 3.91. The van der Waals surface area contributed by atoms with E-state index in [4.69, 9.17) is 5.73 Å². The van der Waals surface area contributed by atoms with Crippen LogP contribution in [0.5, 0.6) is 0 Å². The lowest BCUT2D eigenvalue weighted by Crippen LogP contribution is -2.18. The van der Waals surface area contributed by atoms with Crippen LogP contribution in [0.3, 0.4) is 0 Å². The summed E-state index contributed by atoms with van der Waals surface area (Å²) >= 11 is 0. The first-order valence-corrected chi connectivity index (χ1v) is 6.12. The molecule has 1 aliphatic carbocycles. The van der Waals surface area contributed by atoms with E-state index in [0.29, 0.717) is 17.4 Å². The zero-order valence-electron chi connectivity index (χ0n) is 9.65. The van der Waals surface area contributed by atoms with Gasteiger partial charge in [-0.3, -0.25) is 9.89 Å². The molecule has 0 aromatic carbocycles. The Morgan fingerprint density at radius 3 is 2.82 bits per heavy atom. The molecule has 2 aromatic heterocycles. The summed E-state index contributed by atoms with van der Waals surface area (Å²) in [5, 5.41) is 2.78. The largest absolute Gasteiger partial charge is 0.384 e. The predicted molar refractivity (Wildman–Crippen MR) is 66.1 cm³/mol. The molecule has 0 bridgehead atoms. The number of anilines is 1. The van der Waals surface area contributed by atoms with Gasteiger partial charge in [-0.25, -0.2) is 4.98 Å². The molecule has 0 unspecified atom stereocenters. The predicted octanol–water partition coefficient (Wildman–Crippen LogP) is 1.65. The van der Waals surface area contributed by atoms with E-state index in [1.807, 2.05) is 0 Å². The summed E-state index contributed by atoms with van der Waals surface area (Å²) in [5.74, 6) is 0.910. The average molecular weight is 232 g/mol. The standard InChI is InChI=1S/C12H16N4O/c13-10-7-11-14-9(6-12(17)16(11)15-10)8-4-2-1-3-5-8/h6-8,15H,1-5,13H2. The van der Waals surface area contributed by atoms with Gasteiger partial charge < -0.3 is 5.73 Å². The Labute approximate surface area is 98.6 Å². The summed E-state index contributed by atoms with van der Waals surface area (Å²) in [6.45, 7) is 0. The Morgan fingerprint density at radius 1 is 1.29 bits per heavy atom. The number of hydrogen-bond donors (Lipinski definition) is 2. The number of aromatic amines is 1. The summed E-state index contributed by atoms with van der Waals surface area (Å²) in [6.07, 6.45) is 6.06. The van der Waals surface area contributed by atoms with Gasteiger partial charge in [0, 0.05) is 18.1 Å². The Hall–Kier alpha value is -1.78. The molecular formula is C12H16N4O. The highest BCUT2D eigenvalue weighted by molar-refractivity contribution is 5.48. The summed E-state index contributed by atoms with van der Waals surface area (Å²) in [6, 6.07) is 3.34. The molecule has 2 heterocycles. The number of H-pyrrole nitrogens is 1. The molecule has 5 nitrogen and oxygen atoms in total. The van der Waals surface area contributed by atoms with Crippen molar-refractivity contribution in [2.75, 3.05) is 5.73 Å². The van der Waals surface area contributed by atoms with E-state index in [1.165, 1.54) is 23.8 Å². The number of nitrogens with two attached hydrogens (primary N) is 1. The maximum absolute atomic E-state index is 11.9. The molecule has 0 atom stereocenters. The highest BCUT2D eigenvalue weighted by atomic mass is 16.1. The van der Waals surface area contributed by atoms with Crippen LogP contribution in [0.15, 0.2) is 16.9 Å². The lowest BCUT2D eigenvalue weighted by Gasteiger charge is -2.20. The van der Waals surface area contributed by atoms with Crippen molar-refractivity contribution in [1.29, 1.82) is 0 Å². The quantitative estimate of drug-likeness (QED) is 0.785. The Kier molecular flexibility index (Phi) is 2.39. The van der Waals surface area contributed by atoms with Gasteiger partial charge in [-0.05, 0) is 12.8 Å². The second-order valence-electron chi connectivity index (χ2n) is 4.76. The van der Waals surface area contributed by atoms with Crippen molar-refractivity contribution in [1.82, 2.24) is 14.6 Å². The van der Waals surface area contributed by atoms with Gasteiger partial charge in [-0.2, -0.15) is 4.52 Å². The Bertz CT molecular complexity index is 592. The van der Waals surface area contributed by atoms with E-state index in [-0.39, 0.29) is 5.56 Å². The fourth-order valence-electron chi connectivity index (χ4n) is 2.64. The minimum Gasteiger partial charge on any atom is -0.384 e. The van der Waals surface area contributed by atoms with Gasteiger partial charge in [0.15, 0.2) is 5.65 Å². The molecule has 0 aliphatic heterocycles. The maximum atomic E-state index is 11.9. The van der Waals surface area contributed by atoms with Gasteiger partial charge >= 0.3 is 0 Å². The zero-order valence-corrected chi connectivity index (χ0v) is 9.65. The van der Waals surface area contributed by atoms with Gasteiger partial charge in [-0.15, -0.1) is 0 Å². The van der Waals surface area contributed by atoms with Crippen molar-refractivity contribution in [3.05, 3.63) is 28.2 Å². The Morgan fingerprint density at radius 2 is 2.06 bits per heavy atom. The number of nitrogens with zero attached hydrogens (tertiary/aromatic N) is 2. The number of hydrogen-bond acceptors (Lipinski definition) is 3. The monoisotopic (exact) mass is 232 g/mol. The molecule has 0 saturated heterocycles. The summed E-state index contributed by atoms with van der Waals surface area (Å²) < 4.78 is 1.39. The topological polar surface area (TPSA) is 76.2 Å². The number of rotatable bonds is 1. The molecule has 1 saturated carbocycles. The van der Waals surface area contributed by atoms with Crippen molar-refractivity contribution in [2.24, 2.45) is 0 Å². The number of aromatic nitrogens is 3. The van der Waals surface area contributed by atoms with Crippen LogP contribution >= 0.6 is 0 Å². The molecular weight excluding hydrogens is 216 g/mol. The Balaban J connectivity index is 2.08. The van der Waals surface area contributed by atoms with Crippen LogP contribution in [0.25, 0.3) is 5.65 Å². The number of fused-ring (bicyclic) bond motifs is 1. The van der Waals surface area contributed by atoms with Crippen LogP contribution < -0.4 is 11.3 Å². The summed E-state index contributed by atoms with van der Waals surface area (Å²) in [5.41, 5.74) is 7.10. The van der Waals surface area contributed by atoms with Crippen molar-refractivity contribution in [3.8, 4) is 0 Å². The van der Waals surface area contributed by atoms with Crippen LogP contribution in [0.2, 0.25) is 0 Å². The molecule has 0 amide bonds. The maximum Gasteiger partial charge on any atom is 0.272 e. The van der Waals surface area contributed by atoms with Gasteiger partial charge in [-0.1, -0.05) is 19.3 Å². The highest BCUT2D eigenvalue weighted by Gasteiger charge is 2.18. The van der Waals surface area contributed by atoms with Crippen molar-refractivity contribution >= 4 is 11.5 Å². The summed E-state index contributed by atoms with van der Waals surface area (Å²) in [7, 11) is 0. The van der Waals surface area contributed by atoms with Crippen LogP contribution in [-0.2, 0) is 0 Å². The second-order valence-corrected chi connectivity index (χ2v) is 4.76. The molecule has 0 spiro atoms. The van der Waals surface area contributed by atoms with Crippen molar-refractivity contribution in [2.45, 2.75) is 38.0 Å². The molecule has 1 fully saturated rings. The molecule has 1 aliphatic rings. The van der Waals surface area contributed by atoms with E-state index < -0.39 is 0 Å². The third-order valence-corrected chi connectivity index (χ3v) is 3.51. The smallest absolute Gasteiger partial charge is 0.272 e. The van der Waals surface area contributed by atoms with E-state index >= 15 is 0 Å². The first-order valence-electron chi connectivity index (χ1n) is 6.12. The number of nitrogens with one attached hydrogen (secondary N) is 1. The van der Waals surface area contributed by atoms with Crippen LogP contribution in [0.4, 0.5) is 5.82 Å². The van der Waals surface area contributed by atoms with E-state index in [9.17, 15) is 4.79 Å². The molecule has 90 valence electrons. The molecule has 3 N–H and O–H groups in total. The molecule has 2 aromatic rings. The number of nitrogen functional groups attached to an aromatic ring is 1. The minimum atomic E-state index is -0.0766. The lowest BCUT2D eigenvalue weighted by atomic mass is 9.87. The van der Waals surface area contributed by atoms with Gasteiger partial charge in [0.2, 0.25) is 0 Å². The first-order chi connectivity index (χ1) is 8.24. The average Bonchev–Trinajstić information content (AvgIpc) is 2.71. The van der Waals surface area contributed by atoms with Gasteiger partial charge in [0.1, 0.15) is 5.82 Å². The fraction of sp³-hybridized carbons (Fsp3) is 0.500. The molecule has 3 rings (SSSR count). The van der Waals surface area contributed by atoms with Crippen LogP contribution in [-0.4, -0.2) is 14.6 Å². The lowest BCUT2D eigenvalue weighted by molar-refractivity contribution is 0.436. The van der Waals surface area contributed by atoms with E-state index in [2.05, 4.69) is 10.1 Å². The molecule has 0 radical (unpaired) electrons. The van der Waals surface area contributed by atoms with Gasteiger partial charge in [0.05, 0.1) is 5.69 Å². The molecule has 5 heteroatoms. The van der Waals surface area contributed by atoms with Crippen molar-refractivity contribution < 1.29 is 0 Å². The first kappa shape index (κ1) is 10.4. The van der Waals surface area contributed by atoms with Crippen LogP contribution in [0.1, 0.15) is 43.7 Å². The van der Waals surface area contributed by atoms with E-state index in [1.54, 1.807) is 12.1 Å². The third-order valence-electron chi connectivity index (χ3n) is 3.51. The minimum absolute atomic E-state index is 0.0766. The van der Waals surface area contributed by atoms with Crippen LogP contribution in [0, 0.1) is 0 Å². The highest BCUT2D eigenvalue weighted by Crippen LogP contribution is 2.31. The van der Waals surface area contributed by atoms with Crippen molar-refractivity contribution in [3.63, 3.8) is 0 Å². The SMILES string of the molecule is Nc1cc2nc(C3CCCCC3)cc(=O)n2[nH]1. The fourth-order valence-corrected chi connectivity index (χ4v) is 2.64. The van der Waals surface area contributed by atoms with Gasteiger partial charge in [0.25, 0.3) is 5.56 Å². The zero-order chi connectivity index (χ0) is 11.8. The summed E-state index contributed by atoms with van der Waals surface area (Å²) in [4.78, 5) is 16.4. The normalized spacial score (nSPS) is 17.6. The molecule has 17 heavy (non-hydrogen) atoms.